The van der Waals surface area contributed by atoms with E-state index in [0.717, 1.165) is 21.8 Å². The van der Waals surface area contributed by atoms with Crippen molar-refractivity contribution in [3.05, 3.63) is 106 Å². The van der Waals surface area contributed by atoms with E-state index in [-0.39, 0.29) is 17.1 Å². The Morgan fingerprint density at radius 2 is 1.45 bits per heavy atom. The molecule has 1 aliphatic heterocycles. The van der Waals surface area contributed by atoms with Crippen LogP contribution < -0.4 is 5.01 Å². The van der Waals surface area contributed by atoms with E-state index in [1.165, 1.54) is 31.2 Å². The van der Waals surface area contributed by atoms with Crippen molar-refractivity contribution >= 4 is 40.2 Å². The van der Waals surface area contributed by atoms with Gasteiger partial charge in [0.25, 0.3) is 11.6 Å². The van der Waals surface area contributed by atoms with Crippen molar-refractivity contribution in [1.29, 1.82) is 0 Å². The number of hydrogen-bond donors (Lipinski definition) is 0. The summed E-state index contributed by atoms with van der Waals surface area (Å²) in [5, 5.41) is 12.2. The number of hydrazine groups is 1. The van der Waals surface area contributed by atoms with Crippen LogP contribution in [0.4, 0.5) is 16.2 Å². The molecule has 0 N–H and O–H groups in total. The normalized spacial score (nSPS) is 15.2. The Morgan fingerprint density at radius 1 is 0.939 bits per heavy atom. The number of anilines is 1. The van der Waals surface area contributed by atoms with Gasteiger partial charge in [-0.1, -0.05) is 72.4 Å². The van der Waals surface area contributed by atoms with E-state index < -0.39 is 27.4 Å². The third-order valence-corrected chi connectivity index (χ3v) is 6.48. The van der Waals surface area contributed by atoms with E-state index in [0.29, 0.717) is 11.1 Å². The summed E-state index contributed by atoms with van der Waals surface area (Å²) in [5.74, 6) is -0.985. The maximum atomic E-state index is 14.1. The number of nitro groups is 1. The fraction of sp³-hybridized carbons (Fsp3) is 0.125. The standard InChI is InChI=1S/C24H19N3O5S/c1-17(28)25(20-12-14-21(15-13-20)27(31)32)26-22(29)24(16-33-23(26)30,18-8-4-2-5-9-18)19-10-6-3-7-11-19/h2-15H,16H2,1H3. The minimum absolute atomic E-state index is 0.168. The van der Waals surface area contributed by atoms with E-state index in [4.69, 9.17) is 0 Å². The van der Waals surface area contributed by atoms with Crippen LogP contribution in [-0.2, 0) is 15.0 Å². The van der Waals surface area contributed by atoms with Gasteiger partial charge < -0.3 is 0 Å². The molecule has 0 aliphatic carbocycles. The Bertz CT molecular complexity index is 1180. The first-order valence-electron chi connectivity index (χ1n) is 10.0. The van der Waals surface area contributed by atoms with Crippen LogP contribution in [0.15, 0.2) is 84.9 Å². The van der Waals surface area contributed by atoms with Gasteiger partial charge in [-0.2, -0.15) is 5.01 Å². The lowest BCUT2D eigenvalue weighted by molar-refractivity contribution is -0.384. The minimum atomic E-state index is -1.21. The van der Waals surface area contributed by atoms with Crippen LogP contribution in [-0.4, -0.2) is 32.7 Å². The molecule has 0 atom stereocenters. The second-order valence-electron chi connectivity index (χ2n) is 7.41. The molecule has 3 aromatic carbocycles. The Kier molecular flexibility index (Phi) is 5.97. The van der Waals surface area contributed by atoms with Gasteiger partial charge in [0.05, 0.1) is 10.6 Å². The summed E-state index contributed by atoms with van der Waals surface area (Å²) in [6, 6.07) is 23.4. The second-order valence-corrected chi connectivity index (χ2v) is 8.34. The highest BCUT2D eigenvalue weighted by molar-refractivity contribution is 8.13. The van der Waals surface area contributed by atoms with Crippen LogP contribution >= 0.6 is 11.8 Å². The molecule has 33 heavy (non-hydrogen) atoms. The third kappa shape index (κ3) is 3.87. The molecule has 4 rings (SSSR count). The average Bonchev–Trinajstić information content (AvgIpc) is 2.83. The summed E-state index contributed by atoms with van der Waals surface area (Å²) in [7, 11) is 0. The number of carbonyl (C=O) groups excluding carboxylic acids is 3. The lowest BCUT2D eigenvalue weighted by atomic mass is 9.75. The maximum absolute atomic E-state index is 14.1. The number of carbonyl (C=O) groups is 3. The number of nitro benzene ring substituents is 1. The molecule has 3 amide bonds. The predicted octanol–water partition coefficient (Wildman–Crippen LogP) is 4.54. The molecule has 3 aromatic rings. The van der Waals surface area contributed by atoms with Crippen molar-refractivity contribution in [3.8, 4) is 0 Å². The zero-order chi connectivity index (χ0) is 23.6. The number of imide groups is 1. The van der Waals surface area contributed by atoms with Crippen molar-refractivity contribution < 1.29 is 19.3 Å². The second kappa shape index (κ2) is 8.87. The maximum Gasteiger partial charge on any atom is 0.307 e. The van der Waals surface area contributed by atoms with Gasteiger partial charge in [-0.3, -0.25) is 24.5 Å². The number of nitrogens with zero attached hydrogens (tertiary/aromatic N) is 3. The highest BCUT2D eigenvalue weighted by atomic mass is 32.2. The number of thioether (sulfide) groups is 1. The predicted molar refractivity (Wildman–Crippen MR) is 125 cm³/mol. The van der Waals surface area contributed by atoms with Crippen LogP contribution in [0.2, 0.25) is 0 Å². The fourth-order valence-corrected chi connectivity index (χ4v) is 4.99. The molecule has 1 saturated heterocycles. The van der Waals surface area contributed by atoms with Crippen molar-refractivity contribution in [3.63, 3.8) is 0 Å². The van der Waals surface area contributed by atoms with Gasteiger partial charge in [0.2, 0.25) is 5.91 Å². The van der Waals surface area contributed by atoms with Crippen LogP contribution in [0.1, 0.15) is 18.1 Å². The van der Waals surface area contributed by atoms with Crippen LogP contribution in [0.25, 0.3) is 0 Å². The summed E-state index contributed by atoms with van der Waals surface area (Å²) in [5.41, 5.74) is 0.176. The van der Waals surface area contributed by atoms with E-state index in [9.17, 15) is 24.5 Å². The number of benzene rings is 3. The Hall–Kier alpha value is -3.98. The first kappa shape index (κ1) is 22.2. The van der Waals surface area contributed by atoms with Crippen molar-refractivity contribution in [1.82, 2.24) is 5.01 Å². The van der Waals surface area contributed by atoms with Crippen LogP contribution in [0, 0.1) is 10.1 Å². The number of non-ortho nitro benzene ring substituents is 1. The Morgan fingerprint density at radius 3 is 1.91 bits per heavy atom. The topological polar surface area (TPSA) is 101 Å². The highest BCUT2D eigenvalue weighted by Crippen LogP contribution is 2.43. The molecule has 9 heteroatoms. The number of amides is 3. The van der Waals surface area contributed by atoms with Gasteiger partial charge in [-0.05, 0) is 23.3 Å². The van der Waals surface area contributed by atoms with E-state index in [1.54, 1.807) is 0 Å². The summed E-state index contributed by atoms with van der Waals surface area (Å²) in [6.45, 7) is 1.23. The first-order valence-corrected chi connectivity index (χ1v) is 11.0. The molecular formula is C24H19N3O5S. The molecule has 0 unspecified atom stereocenters. The van der Waals surface area contributed by atoms with Crippen LogP contribution in [0.3, 0.4) is 0 Å². The van der Waals surface area contributed by atoms with Crippen LogP contribution in [0.5, 0.6) is 0 Å². The van der Waals surface area contributed by atoms with E-state index >= 15 is 0 Å². The fourth-order valence-electron chi connectivity index (χ4n) is 3.91. The lowest BCUT2D eigenvalue weighted by Crippen LogP contribution is -2.61. The van der Waals surface area contributed by atoms with Gasteiger partial charge in [-0.25, -0.2) is 5.01 Å². The zero-order valence-electron chi connectivity index (χ0n) is 17.6. The largest absolute Gasteiger partial charge is 0.307 e. The molecule has 1 aliphatic rings. The van der Waals surface area contributed by atoms with Gasteiger partial charge in [0.1, 0.15) is 5.41 Å². The Labute approximate surface area is 193 Å². The molecule has 0 saturated carbocycles. The smallest absolute Gasteiger partial charge is 0.273 e. The summed E-state index contributed by atoms with van der Waals surface area (Å²) >= 11 is 0.939. The summed E-state index contributed by atoms with van der Waals surface area (Å²) in [4.78, 5) is 50.3. The average molecular weight is 461 g/mol. The van der Waals surface area contributed by atoms with Gasteiger partial charge >= 0.3 is 5.24 Å². The van der Waals surface area contributed by atoms with Crippen molar-refractivity contribution in [2.24, 2.45) is 0 Å². The summed E-state index contributed by atoms with van der Waals surface area (Å²) < 4.78 is 0. The monoisotopic (exact) mass is 461 g/mol. The van der Waals surface area contributed by atoms with E-state index in [2.05, 4.69) is 0 Å². The first-order chi connectivity index (χ1) is 15.9. The molecule has 8 nitrogen and oxygen atoms in total. The van der Waals surface area contributed by atoms with Gasteiger partial charge in [-0.15, -0.1) is 0 Å². The molecule has 1 heterocycles. The SMILES string of the molecule is CC(=O)N(c1ccc([N+](=O)[O-])cc1)N1C(=O)SCC(c2ccccc2)(c2ccccc2)C1=O. The molecule has 0 radical (unpaired) electrons. The Balaban J connectivity index is 1.87. The molecule has 0 bridgehead atoms. The van der Waals surface area contributed by atoms with Crippen molar-refractivity contribution in [2.75, 3.05) is 10.8 Å². The number of rotatable bonds is 5. The summed E-state index contributed by atoms with van der Waals surface area (Å²) in [6.07, 6.45) is 0. The number of hydrogen-bond acceptors (Lipinski definition) is 6. The molecular weight excluding hydrogens is 442 g/mol. The third-order valence-electron chi connectivity index (χ3n) is 5.48. The minimum Gasteiger partial charge on any atom is -0.273 e. The van der Waals surface area contributed by atoms with E-state index in [1.807, 2.05) is 60.7 Å². The van der Waals surface area contributed by atoms with Crippen molar-refractivity contribution in [2.45, 2.75) is 12.3 Å². The zero-order valence-corrected chi connectivity index (χ0v) is 18.4. The molecule has 0 aromatic heterocycles. The quantitative estimate of drug-likeness (QED) is 0.408. The molecule has 1 fully saturated rings. The molecule has 166 valence electrons. The van der Waals surface area contributed by atoms with Gasteiger partial charge in [0.15, 0.2) is 0 Å². The lowest BCUT2D eigenvalue weighted by Gasteiger charge is -2.44. The molecule has 0 spiro atoms. The van der Waals surface area contributed by atoms with Gasteiger partial charge in [0, 0.05) is 24.8 Å². The highest BCUT2D eigenvalue weighted by Gasteiger charge is 2.52.